The Kier molecular flexibility index (Phi) is 15.2. The highest BCUT2D eigenvalue weighted by atomic mass is 35.5. The Morgan fingerprint density at radius 2 is 0.318 bits per heavy atom. The summed E-state index contributed by atoms with van der Waals surface area (Å²) in [6, 6.07) is 26.7. The highest BCUT2D eigenvalue weighted by Crippen LogP contribution is 2.57. The second-order valence-electron chi connectivity index (χ2n) is 27.5. The fraction of sp³-hybridized carbons (Fsp3) is 0.143. The molecule has 0 bridgehead atoms. The molecule has 0 saturated heterocycles. The van der Waals surface area contributed by atoms with Crippen molar-refractivity contribution in [1.82, 2.24) is 29.4 Å². The molecule has 26 heteroatoms. The van der Waals surface area contributed by atoms with Crippen LogP contribution >= 0.6 is 92.8 Å². The number of benzene rings is 15. The molecule has 15 aromatic rings. The fourth-order valence-corrected chi connectivity index (χ4v) is 20.6. The van der Waals surface area contributed by atoms with Crippen molar-refractivity contribution in [2.24, 2.45) is 0 Å². The van der Waals surface area contributed by atoms with E-state index in [4.69, 9.17) is 92.8 Å². The summed E-state index contributed by atoms with van der Waals surface area (Å²) in [5.41, 5.74) is 4.27. The van der Waals surface area contributed by atoms with E-state index in [9.17, 15) is 57.5 Å². The molecule has 18 nitrogen and oxygen atoms in total. The number of rotatable bonds is 6. The molecule has 0 fully saturated rings. The van der Waals surface area contributed by atoms with Crippen molar-refractivity contribution in [3.05, 3.63) is 204 Å². The number of fused-ring (bicyclic) bond motifs is 6. The van der Waals surface area contributed by atoms with Gasteiger partial charge in [-0.25, -0.2) is 0 Å². The summed E-state index contributed by atoms with van der Waals surface area (Å²) in [5.74, 6) is -4.83. The second kappa shape index (κ2) is 23.9. The molecule has 12 amide bonds. The molecule has 0 radical (unpaired) electrons. The van der Waals surface area contributed by atoms with Gasteiger partial charge in [-0.05, 0) is 141 Å². The summed E-state index contributed by atoms with van der Waals surface area (Å²) in [5, 5.41) is 16.2. The Labute approximate surface area is 659 Å². The van der Waals surface area contributed by atoms with Crippen molar-refractivity contribution >= 4 is 293 Å². The van der Waals surface area contributed by atoms with Crippen molar-refractivity contribution < 1.29 is 57.5 Å². The van der Waals surface area contributed by atoms with Gasteiger partial charge in [-0.3, -0.25) is 86.9 Å². The fourth-order valence-electron chi connectivity index (χ4n) is 18.2. The van der Waals surface area contributed by atoms with Gasteiger partial charge in [0.05, 0.1) is 44.5 Å². The first-order valence-electron chi connectivity index (χ1n) is 35.0. The average molecular weight is 1610 g/mol. The van der Waals surface area contributed by atoms with Crippen LogP contribution in [0.5, 0.6) is 0 Å². The first-order valence-corrected chi connectivity index (χ1v) is 38.1. The molecular weight excluding hydrogens is 1570 g/mol. The van der Waals surface area contributed by atoms with Crippen LogP contribution in [0, 0.1) is 0 Å². The van der Waals surface area contributed by atoms with Gasteiger partial charge in [-0.2, -0.15) is 0 Å². The standard InChI is InChI=1S/C28H14Cl4N2O4.2C28H16Cl2N2O4/c1-3-33-25(35)9-5-13(29)19-21-15(31)7-11-18-12(28(38)34(4-2)27(11)37)8-16(32)22(24(18)21)20-14(30)6-10(26(33)36)17(9)23(19)20;1-3-31-25(33)13-7-5-11-22-18(30)10-16-20-14(26(34)32(4-2)28(16)36)8-6-12(24(20)22)21-17(29)9-15(27(31)35)19(13)23(11)21;1-3-31-25(33)13-7-5-11-19-12(6-8-14(20(13)19)26(31)34)23-18(30)10-16-21-15(9-17(29)22(11)24(21)23)27(35)32(4-2)28(16)36/h5-8H,3-4H2,1-2H3;2*5-10H,3-4H2,1-2H3. The Hall–Kier alpha value is -10.6. The van der Waals surface area contributed by atoms with Gasteiger partial charge in [0.15, 0.2) is 0 Å². The molecule has 0 spiro atoms. The zero-order valence-corrected chi connectivity index (χ0v) is 64.1. The number of imide groups is 6. The van der Waals surface area contributed by atoms with E-state index in [1.165, 1.54) is 43.9 Å². The van der Waals surface area contributed by atoms with Crippen LogP contribution in [0.1, 0.15) is 166 Å². The Morgan fingerprint density at radius 1 is 0.173 bits per heavy atom. The Morgan fingerprint density at radius 3 is 0.518 bits per heavy atom. The molecule has 15 aromatic carbocycles. The summed E-state index contributed by atoms with van der Waals surface area (Å²) in [7, 11) is 0. The van der Waals surface area contributed by atoms with Crippen molar-refractivity contribution in [2.45, 2.75) is 41.5 Å². The minimum atomic E-state index is -0.462. The predicted molar refractivity (Wildman–Crippen MR) is 429 cm³/mol. The first kappa shape index (κ1) is 69.8. The summed E-state index contributed by atoms with van der Waals surface area (Å²) < 4.78 is 0. The molecule has 0 N–H and O–H groups in total. The maximum atomic E-state index is 13.3. The summed E-state index contributed by atoms with van der Waals surface area (Å²) in [6.07, 6.45) is 0. The van der Waals surface area contributed by atoms with Gasteiger partial charge >= 0.3 is 0 Å². The number of carbonyl (C=O) groups is 12. The van der Waals surface area contributed by atoms with Crippen LogP contribution in [-0.2, 0) is 0 Å². The normalized spacial score (nSPS) is 15.5. The zero-order chi connectivity index (χ0) is 77.4. The number of carbonyl (C=O) groups excluding carboxylic acids is 12. The number of hydrogen-bond acceptors (Lipinski definition) is 12. The third kappa shape index (κ3) is 8.54. The van der Waals surface area contributed by atoms with Crippen LogP contribution in [0.25, 0.3) is 129 Å². The quantitative estimate of drug-likeness (QED) is 0.0861. The summed E-state index contributed by atoms with van der Waals surface area (Å²) >= 11 is 54.9. The molecule has 6 aliphatic rings. The third-order valence-corrected chi connectivity index (χ3v) is 25.1. The van der Waals surface area contributed by atoms with Crippen molar-refractivity contribution in [3.8, 4) is 0 Å². The van der Waals surface area contributed by atoms with Gasteiger partial charge in [-0.1, -0.05) is 117 Å². The van der Waals surface area contributed by atoms with Crippen LogP contribution in [0.4, 0.5) is 0 Å². The van der Waals surface area contributed by atoms with Crippen LogP contribution in [-0.4, -0.2) is 140 Å². The zero-order valence-electron chi connectivity index (χ0n) is 58.1. The van der Waals surface area contributed by atoms with Gasteiger partial charge in [0.1, 0.15) is 0 Å². The number of amides is 12. The van der Waals surface area contributed by atoms with E-state index in [1.807, 2.05) is 24.3 Å². The largest absolute Gasteiger partial charge is 0.275 e. The lowest BCUT2D eigenvalue weighted by Crippen LogP contribution is -2.40. The Bertz CT molecular complexity index is 6700. The number of hydrogen-bond donors (Lipinski definition) is 0. The predicted octanol–water partition coefficient (Wildman–Crippen LogP) is 20.1. The first-order chi connectivity index (χ1) is 52.7. The molecule has 540 valence electrons. The van der Waals surface area contributed by atoms with Gasteiger partial charge in [0, 0.05) is 204 Å². The highest BCUT2D eigenvalue weighted by Gasteiger charge is 2.44. The Balaban J connectivity index is 0.000000112. The van der Waals surface area contributed by atoms with Gasteiger partial charge in [-0.15, -0.1) is 0 Å². The van der Waals surface area contributed by atoms with Gasteiger partial charge in [0.2, 0.25) is 0 Å². The maximum Gasteiger partial charge on any atom is 0.261 e. The molecule has 6 heterocycles. The van der Waals surface area contributed by atoms with Crippen molar-refractivity contribution in [1.29, 1.82) is 0 Å². The number of halogens is 8. The third-order valence-electron chi connectivity index (χ3n) is 22.7. The minimum absolute atomic E-state index is 0.180. The lowest BCUT2D eigenvalue weighted by molar-refractivity contribution is 0.0603. The van der Waals surface area contributed by atoms with E-state index in [-0.39, 0.29) is 105 Å². The van der Waals surface area contributed by atoms with E-state index < -0.39 is 47.3 Å². The monoisotopic (exact) mass is 1610 g/mol. The SMILES string of the molecule is CCN1C(=O)c2cc(Cl)c3c4c(Cl)cc5c6c(cc(Cl)c(c7c(Cl)cc(c2c37)C1=O)c64)C(=O)N(CC)C5=O.CCN1C(=O)c2ccc3c4c(Cl)cc5c6c(cc(Cl)c(c7ccc(c2c37)C1=O)c64)C(=O)N(CC)C5=O.CCN1C(=O)c2ccc3c4c(Cl)cc5c6c(ccc(c7c(Cl)cc(c2c37)C1=O)c64)C(=O)N(CC)C5=O. The topological polar surface area (TPSA) is 224 Å². The van der Waals surface area contributed by atoms with Crippen LogP contribution in [0.15, 0.2) is 97.1 Å². The van der Waals surface area contributed by atoms with Crippen LogP contribution < -0.4 is 0 Å². The lowest BCUT2D eigenvalue weighted by Gasteiger charge is -2.30. The van der Waals surface area contributed by atoms with E-state index in [2.05, 4.69) is 0 Å². The van der Waals surface area contributed by atoms with E-state index in [1.54, 1.807) is 90.1 Å². The van der Waals surface area contributed by atoms with Crippen molar-refractivity contribution in [3.63, 3.8) is 0 Å². The molecule has 0 aliphatic carbocycles. The molecule has 0 atom stereocenters. The number of nitrogens with zero attached hydrogens (tertiary/aromatic N) is 6. The average Bonchev–Trinajstić information content (AvgIpc) is 0.686. The lowest BCUT2D eigenvalue weighted by atomic mass is 9.82. The van der Waals surface area contributed by atoms with Crippen molar-refractivity contribution in [2.75, 3.05) is 39.3 Å². The highest BCUT2D eigenvalue weighted by molar-refractivity contribution is 6.58. The summed E-state index contributed by atoms with van der Waals surface area (Å²) in [6.45, 7) is 11.8. The minimum Gasteiger partial charge on any atom is -0.275 e. The van der Waals surface area contributed by atoms with Gasteiger partial charge < -0.3 is 0 Å². The maximum absolute atomic E-state index is 13.3. The van der Waals surface area contributed by atoms with Crippen LogP contribution in [0.3, 0.4) is 0 Å². The van der Waals surface area contributed by atoms with Gasteiger partial charge in [0.25, 0.3) is 70.9 Å². The molecule has 110 heavy (non-hydrogen) atoms. The molecular formula is C84H46Cl8N6O12. The molecule has 0 aromatic heterocycles. The van der Waals surface area contributed by atoms with E-state index in [0.717, 1.165) is 20.6 Å². The molecule has 21 rings (SSSR count). The molecule has 6 aliphatic heterocycles. The van der Waals surface area contributed by atoms with E-state index >= 15 is 0 Å². The smallest absolute Gasteiger partial charge is 0.261 e. The molecule has 0 unspecified atom stereocenters. The molecule has 0 saturated carbocycles. The second-order valence-corrected chi connectivity index (χ2v) is 30.8. The summed E-state index contributed by atoms with van der Waals surface area (Å²) in [4.78, 5) is 166. The van der Waals surface area contributed by atoms with Crippen LogP contribution in [0.2, 0.25) is 40.2 Å². The van der Waals surface area contributed by atoms with E-state index in [0.29, 0.717) is 183 Å².